The molecule has 0 spiro atoms. The van der Waals surface area contributed by atoms with Gasteiger partial charge >= 0.3 is 0 Å². The quantitative estimate of drug-likeness (QED) is 0.516. The van der Waals surface area contributed by atoms with Crippen molar-refractivity contribution in [2.24, 2.45) is 0 Å². The molecule has 1 heterocycles. The maximum atomic E-state index is 13.6. The van der Waals surface area contributed by atoms with Crippen molar-refractivity contribution in [1.29, 1.82) is 0 Å². The van der Waals surface area contributed by atoms with Gasteiger partial charge < -0.3 is 14.6 Å². The van der Waals surface area contributed by atoms with Crippen LogP contribution < -0.4 is 10.1 Å². The number of benzene rings is 2. The van der Waals surface area contributed by atoms with Crippen LogP contribution in [0.3, 0.4) is 0 Å². The van der Waals surface area contributed by atoms with E-state index in [4.69, 9.17) is 9.26 Å². The Labute approximate surface area is 173 Å². The van der Waals surface area contributed by atoms with E-state index in [0.717, 1.165) is 17.0 Å². The molecule has 29 heavy (non-hydrogen) atoms. The third-order valence-corrected chi connectivity index (χ3v) is 5.42. The Morgan fingerprint density at radius 1 is 1.21 bits per heavy atom. The van der Waals surface area contributed by atoms with Crippen molar-refractivity contribution in [1.82, 2.24) is 10.5 Å². The van der Waals surface area contributed by atoms with Crippen LogP contribution in [0.5, 0.6) is 5.75 Å². The number of rotatable bonds is 9. The normalized spacial score (nSPS) is 10.7. The highest BCUT2D eigenvalue weighted by atomic mass is 32.2. The van der Waals surface area contributed by atoms with Crippen LogP contribution in [0.15, 0.2) is 53.1 Å². The van der Waals surface area contributed by atoms with E-state index in [2.05, 4.69) is 10.5 Å². The minimum Gasteiger partial charge on any atom is -0.489 e. The molecule has 7 heteroatoms. The van der Waals surface area contributed by atoms with Crippen LogP contribution in [0, 0.1) is 19.7 Å². The molecular weight excluding hydrogens is 391 g/mol. The zero-order valence-corrected chi connectivity index (χ0v) is 17.2. The molecule has 1 aromatic heterocycles. The predicted molar refractivity (Wildman–Crippen MR) is 112 cm³/mol. The Kier molecular flexibility index (Phi) is 7.30. The van der Waals surface area contributed by atoms with Gasteiger partial charge in [-0.25, -0.2) is 4.39 Å². The monoisotopic (exact) mass is 414 g/mol. The van der Waals surface area contributed by atoms with Crippen molar-refractivity contribution >= 4 is 17.7 Å². The minimum absolute atomic E-state index is 0.167. The van der Waals surface area contributed by atoms with E-state index >= 15 is 0 Å². The molecule has 3 aromatic rings. The summed E-state index contributed by atoms with van der Waals surface area (Å²) in [4.78, 5) is 12.4. The SMILES string of the molecule is Cc1noc(C)c1COc1cccc(C(=O)NCCSCc2ccccc2F)c1. The van der Waals surface area contributed by atoms with Crippen LogP contribution >= 0.6 is 11.8 Å². The van der Waals surface area contributed by atoms with Gasteiger partial charge in [0.1, 0.15) is 23.9 Å². The standard InChI is InChI=1S/C22H23FN2O3S/c1-15-20(16(2)28-25-15)13-27-19-8-5-7-17(12-19)22(26)24-10-11-29-14-18-6-3-4-9-21(18)23/h3-9,12H,10-11,13-14H2,1-2H3,(H,24,26). The van der Waals surface area contributed by atoms with Gasteiger partial charge in [-0.1, -0.05) is 29.4 Å². The number of aromatic nitrogens is 1. The second kappa shape index (κ2) is 10.1. The number of carbonyl (C=O) groups excluding carboxylic acids is 1. The van der Waals surface area contributed by atoms with Crippen LogP contribution in [0.2, 0.25) is 0 Å². The summed E-state index contributed by atoms with van der Waals surface area (Å²) in [5.41, 5.74) is 2.91. The van der Waals surface area contributed by atoms with Gasteiger partial charge in [0.25, 0.3) is 5.91 Å². The van der Waals surface area contributed by atoms with Crippen LogP contribution in [0.4, 0.5) is 4.39 Å². The Hall–Kier alpha value is -2.80. The van der Waals surface area contributed by atoms with E-state index < -0.39 is 0 Å². The maximum absolute atomic E-state index is 13.6. The maximum Gasteiger partial charge on any atom is 0.251 e. The smallest absolute Gasteiger partial charge is 0.251 e. The van der Waals surface area contributed by atoms with Gasteiger partial charge in [0.2, 0.25) is 0 Å². The number of aryl methyl sites for hydroxylation is 2. The molecule has 0 atom stereocenters. The van der Waals surface area contributed by atoms with Crippen LogP contribution in [-0.4, -0.2) is 23.4 Å². The minimum atomic E-state index is -0.197. The number of thioether (sulfide) groups is 1. The first-order valence-electron chi connectivity index (χ1n) is 9.28. The Bertz CT molecular complexity index is 955. The second-order valence-corrected chi connectivity index (χ2v) is 7.62. The second-order valence-electron chi connectivity index (χ2n) is 6.52. The fraction of sp³-hybridized carbons (Fsp3) is 0.273. The molecule has 152 valence electrons. The van der Waals surface area contributed by atoms with Crippen molar-refractivity contribution in [3.05, 3.63) is 82.5 Å². The van der Waals surface area contributed by atoms with Crippen molar-refractivity contribution in [2.45, 2.75) is 26.2 Å². The number of nitrogens with one attached hydrogen (secondary N) is 1. The van der Waals surface area contributed by atoms with Gasteiger partial charge in [-0.15, -0.1) is 0 Å². The summed E-state index contributed by atoms with van der Waals surface area (Å²) >= 11 is 1.58. The number of hydrogen-bond acceptors (Lipinski definition) is 5. The summed E-state index contributed by atoms with van der Waals surface area (Å²) in [6, 6.07) is 13.8. The number of amides is 1. The topological polar surface area (TPSA) is 64.4 Å². The lowest BCUT2D eigenvalue weighted by Gasteiger charge is -2.09. The Morgan fingerprint density at radius 3 is 2.79 bits per heavy atom. The summed E-state index contributed by atoms with van der Waals surface area (Å²) in [5.74, 6) is 2.24. The van der Waals surface area contributed by atoms with Crippen molar-refractivity contribution in [2.75, 3.05) is 12.3 Å². The van der Waals surface area contributed by atoms with Crippen molar-refractivity contribution in [3.63, 3.8) is 0 Å². The zero-order chi connectivity index (χ0) is 20.6. The summed E-state index contributed by atoms with van der Waals surface area (Å²) in [7, 11) is 0. The first kappa shape index (κ1) is 20.9. The van der Waals surface area contributed by atoms with Gasteiger partial charge in [0.05, 0.1) is 11.3 Å². The lowest BCUT2D eigenvalue weighted by molar-refractivity contribution is 0.0955. The highest BCUT2D eigenvalue weighted by Gasteiger charge is 2.11. The van der Waals surface area contributed by atoms with Crippen LogP contribution in [0.1, 0.15) is 32.9 Å². The van der Waals surface area contributed by atoms with E-state index in [0.29, 0.717) is 41.5 Å². The van der Waals surface area contributed by atoms with Crippen molar-refractivity contribution < 1.29 is 18.4 Å². The molecule has 0 aliphatic heterocycles. The summed E-state index contributed by atoms with van der Waals surface area (Å²) in [6.07, 6.45) is 0. The molecule has 5 nitrogen and oxygen atoms in total. The largest absolute Gasteiger partial charge is 0.489 e. The number of nitrogens with zero attached hydrogens (tertiary/aromatic N) is 1. The molecule has 1 amide bonds. The molecular formula is C22H23FN2O3S. The molecule has 0 radical (unpaired) electrons. The fourth-order valence-corrected chi connectivity index (χ4v) is 3.57. The molecule has 0 saturated heterocycles. The van der Waals surface area contributed by atoms with Crippen molar-refractivity contribution in [3.8, 4) is 5.75 Å². The molecule has 3 rings (SSSR count). The lowest BCUT2D eigenvalue weighted by atomic mass is 10.2. The first-order valence-corrected chi connectivity index (χ1v) is 10.4. The average Bonchev–Trinajstić information content (AvgIpc) is 3.05. The van der Waals surface area contributed by atoms with E-state index in [-0.39, 0.29) is 11.7 Å². The third-order valence-electron chi connectivity index (χ3n) is 4.41. The molecule has 1 N–H and O–H groups in total. The molecule has 0 aliphatic rings. The van der Waals surface area contributed by atoms with Gasteiger partial charge in [-0.05, 0) is 43.7 Å². The number of hydrogen-bond donors (Lipinski definition) is 1. The highest BCUT2D eigenvalue weighted by molar-refractivity contribution is 7.98. The van der Waals surface area contributed by atoms with Crippen LogP contribution in [-0.2, 0) is 12.4 Å². The Morgan fingerprint density at radius 2 is 2.03 bits per heavy atom. The highest BCUT2D eigenvalue weighted by Crippen LogP contribution is 2.19. The molecule has 0 saturated carbocycles. The predicted octanol–water partition coefficient (Wildman–Crippen LogP) is 4.67. The van der Waals surface area contributed by atoms with E-state index in [9.17, 15) is 9.18 Å². The molecule has 0 bridgehead atoms. The van der Waals surface area contributed by atoms with Gasteiger partial charge in [0, 0.05) is 23.6 Å². The van der Waals surface area contributed by atoms with Gasteiger partial charge in [0.15, 0.2) is 0 Å². The first-order chi connectivity index (χ1) is 14.0. The average molecular weight is 415 g/mol. The summed E-state index contributed by atoms with van der Waals surface area (Å²) < 4.78 is 24.5. The van der Waals surface area contributed by atoms with Gasteiger partial charge in [-0.3, -0.25) is 4.79 Å². The molecule has 0 fully saturated rings. The zero-order valence-electron chi connectivity index (χ0n) is 16.4. The van der Waals surface area contributed by atoms with E-state index in [1.54, 1.807) is 48.2 Å². The molecule has 0 unspecified atom stereocenters. The van der Waals surface area contributed by atoms with Crippen LogP contribution in [0.25, 0.3) is 0 Å². The number of ether oxygens (including phenoxy) is 1. The Balaban J connectivity index is 1.45. The third kappa shape index (κ3) is 5.84. The number of carbonyl (C=O) groups is 1. The van der Waals surface area contributed by atoms with Gasteiger partial charge in [-0.2, -0.15) is 11.8 Å². The van der Waals surface area contributed by atoms with E-state index in [1.807, 2.05) is 19.9 Å². The molecule has 0 aliphatic carbocycles. The lowest BCUT2D eigenvalue weighted by Crippen LogP contribution is -2.25. The molecule has 2 aromatic carbocycles. The number of halogens is 1. The summed E-state index contributed by atoms with van der Waals surface area (Å²) in [6.45, 7) is 4.54. The summed E-state index contributed by atoms with van der Waals surface area (Å²) in [5, 5.41) is 6.79. The van der Waals surface area contributed by atoms with E-state index in [1.165, 1.54) is 6.07 Å². The fourth-order valence-electron chi connectivity index (χ4n) is 2.73.